The molecule has 0 unspecified atom stereocenters. The number of thiophene rings is 1. The summed E-state index contributed by atoms with van der Waals surface area (Å²) in [6.07, 6.45) is 0. The summed E-state index contributed by atoms with van der Waals surface area (Å²) < 4.78 is 1.30. The van der Waals surface area contributed by atoms with Gasteiger partial charge in [-0.3, -0.25) is 0 Å². The molecule has 0 fully saturated rings. The Bertz CT molecular complexity index is 509. The van der Waals surface area contributed by atoms with Crippen LogP contribution in [0.15, 0.2) is 44.8 Å². The summed E-state index contributed by atoms with van der Waals surface area (Å²) in [4.78, 5) is 1.24. The number of hydrogen-bond acceptors (Lipinski definition) is 3. The zero-order chi connectivity index (χ0) is 13.7. The average molecular weight is 312 g/mol. The van der Waals surface area contributed by atoms with E-state index in [1.807, 2.05) is 6.07 Å². The molecule has 4 heteroatoms. The molecule has 0 spiro atoms. The van der Waals surface area contributed by atoms with Crippen LogP contribution in [0.25, 0.3) is 0 Å². The lowest BCUT2D eigenvalue weighted by Crippen LogP contribution is -2.19. The van der Waals surface area contributed by atoms with Crippen molar-refractivity contribution in [2.24, 2.45) is 5.92 Å². The van der Waals surface area contributed by atoms with Crippen LogP contribution in [0.2, 0.25) is 5.02 Å². The second-order valence-electron chi connectivity index (χ2n) is 4.81. The van der Waals surface area contributed by atoms with E-state index in [1.54, 1.807) is 23.1 Å². The van der Waals surface area contributed by atoms with Crippen molar-refractivity contribution in [1.82, 2.24) is 5.32 Å². The molecule has 0 saturated carbocycles. The van der Waals surface area contributed by atoms with Crippen molar-refractivity contribution in [3.8, 4) is 0 Å². The molecular formula is C15H18ClNS2. The van der Waals surface area contributed by atoms with E-state index in [0.717, 1.165) is 18.1 Å². The number of nitrogens with one attached hydrogen (secondary N) is 1. The minimum atomic E-state index is 0.667. The quantitative estimate of drug-likeness (QED) is 0.777. The van der Waals surface area contributed by atoms with Crippen LogP contribution in [0.3, 0.4) is 0 Å². The summed E-state index contributed by atoms with van der Waals surface area (Å²) in [5.41, 5.74) is 1.31. The van der Waals surface area contributed by atoms with Crippen LogP contribution in [0.4, 0.5) is 0 Å². The highest BCUT2D eigenvalue weighted by molar-refractivity contribution is 8.01. The fourth-order valence-electron chi connectivity index (χ4n) is 1.69. The van der Waals surface area contributed by atoms with Crippen LogP contribution in [-0.4, -0.2) is 6.54 Å². The summed E-state index contributed by atoms with van der Waals surface area (Å²) in [6.45, 7) is 6.36. The van der Waals surface area contributed by atoms with Crippen molar-refractivity contribution in [1.29, 1.82) is 0 Å². The number of benzene rings is 1. The Morgan fingerprint density at radius 3 is 2.84 bits per heavy atom. The highest BCUT2D eigenvalue weighted by Crippen LogP contribution is 2.35. The topological polar surface area (TPSA) is 12.0 Å². The molecule has 0 bridgehead atoms. The van der Waals surface area contributed by atoms with E-state index in [9.17, 15) is 0 Å². The van der Waals surface area contributed by atoms with Crippen molar-refractivity contribution >= 4 is 34.7 Å². The zero-order valence-electron chi connectivity index (χ0n) is 11.2. The molecule has 0 aliphatic rings. The fourth-order valence-corrected chi connectivity index (χ4v) is 3.83. The van der Waals surface area contributed by atoms with E-state index in [0.29, 0.717) is 5.92 Å². The minimum Gasteiger partial charge on any atom is -0.312 e. The Morgan fingerprint density at radius 2 is 2.16 bits per heavy atom. The maximum absolute atomic E-state index is 6.11. The van der Waals surface area contributed by atoms with Gasteiger partial charge in [0.15, 0.2) is 0 Å². The molecule has 2 rings (SSSR count). The van der Waals surface area contributed by atoms with E-state index in [2.05, 4.69) is 48.8 Å². The van der Waals surface area contributed by atoms with Gasteiger partial charge in [0.1, 0.15) is 0 Å². The molecular weight excluding hydrogens is 294 g/mol. The summed E-state index contributed by atoms with van der Waals surface area (Å²) >= 11 is 9.66. The maximum Gasteiger partial charge on any atom is 0.0646 e. The van der Waals surface area contributed by atoms with Gasteiger partial charge in [-0.2, -0.15) is 0 Å². The van der Waals surface area contributed by atoms with Crippen molar-refractivity contribution in [2.75, 3.05) is 6.54 Å². The lowest BCUT2D eigenvalue weighted by atomic mass is 10.2. The van der Waals surface area contributed by atoms with Gasteiger partial charge in [0, 0.05) is 16.5 Å². The lowest BCUT2D eigenvalue weighted by Gasteiger charge is -2.11. The number of halogens is 1. The highest BCUT2D eigenvalue weighted by Gasteiger charge is 2.06. The average Bonchev–Trinajstić information content (AvgIpc) is 2.84. The summed E-state index contributed by atoms with van der Waals surface area (Å²) in [5, 5.41) is 6.39. The van der Waals surface area contributed by atoms with Crippen LogP contribution in [0.5, 0.6) is 0 Å². The minimum absolute atomic E-state index is 0.667. The van der Waals surface area contributed by atoms with Crippen LogP contribution in [0.1, 0.15) is 19.4 Å². The predicted molar refractivity (Wildman–Crippen MR) is 86.4 cm³/mol. The molecule has 0 aliphatic heterocycles. The third-order valence-electron chi connectivity index (χ3n) is 2.60. The normalized spacial score (nSPS) is 11.2. The third kappa shape index (κ3) is 4.84. The van der Waals surface area contributed by atoms with Crippen LogP contribution in [-0.2, 0) is 6.54 Å². The van der Waals surface area contributed by atoms with Gasteiger partial charge in [0.05, 0.1) is 4.21 Å². The van der Waals surface area contributed by atoms with Gasteiger partial charge in [-0.25, -0.2) is 0 Å². The van der Waals surface area contributed by atoms with E-state index in [1.165, 1.54) is 14.7 Å². The highest BCUT2D eigenvalue weighted by atomic mass is 35.5. The van der Waals surface area contributed by atoms with Crippen molar-refractivity contribution in [2.45, 2.75) is 29.5 Å². The van der Waals surface area contributed by atoms with Gasteiger partial charge in [0.25, 0.3) is 0 Å². The maximum atomic E-state index is 6.11. The third-order valence-corrected chi connectivity index (χ3v) is 4.98. The van der Waals surface area contributed by atoms with E-state index >= 15 is 0 Å². The molecule has 0 amide bonds. The number of rotatable bonds is 6. The van der Waals surface area contributed by atoms with Gasteiger partial charge >= 0.3 is 0 Å². The Labute approximate surface area is 128 Å². The van der Waals surface area contributed by atoms with E-state index in [-0.39, 0.29) is 0 Å². The second kappa shape index (κ2) is 7.34. The van der Waals surface area contributed by atoms with Crippen molar-refractivity contribution in [3.63, 3.8) is 0 Å². The monoisotopic (exact) mass is 311 g/mol. The Kier molecular flexibility index (Phi) is 5.76. The zero-order valence-corrected chi connectivity index (χ0v) is 13.5. The van der Waals surface area contributed by atoms with Crippen LogP contribution >= 0.6 is 34.7 Å². The van der Waals surface area contributed by atoms with Gasteiger partial charge in [-0.05, 0) is 41.6 Å². The molecule has 1 nitrogen and oxygen atoms in total. The molecule has 0 atom stereocenters. The van der Waals surface area contributed by atoms with Crippen molar-refractivity contribution < 1.29 is 0 Å². The molecule has 0 aliphatic carbocycles. The molecule has 1 N–H and O–H groups in total. The summed E-state index contributed by atoms with van der Waals surface area (Å²) in [6, 6.07) is 10.4. The van der Waals surface area contributed by atoms with Crippen molar-refractivity contribution in [3.05, 3.63) is 46.3 Å². The first-order valence-corrected chi connectivity index (χ1v) is 8.43. The molecule has 0 saturated heterocycles. The van der Waals surface area contributed by atoms with Gasteiger partial charge in [0.2, 0.25) is 0 Å². The van der Waals surface area contributed by atoms with Gasteiger partial charge in [-0.15, -0.1) is 11.3 Å². The van der Waals surface area contributed by atoms with E-state index in [4.69, 9.17) is 11.6 Å². The largest absolute Gasteiger partial charge is 0.312 e. The molecule has 1 aromatic heterocycles. The fraction of sp³-hybridized carbons (Fsp3) is 0.333. The lowest BCUT2D eigenvalue weighted by molar-refractivity contribution is 0.550. The first-order valence-electron chi connectivity index (χ1n) is 6.35. The molecule has 1 aromatic carbocycles. The Hall–Kier alpha value is -0.480. The molecule has 2 aromatic rings. The molecule has 19 heavy (non-hydrogen) atoms. The molecule has 1 heterocycles. The second-order valence-corrected chi connectivity index (χ2v) is 7.54. The first kappa shape index (κ1) is 14.9. The van der Waals surface area contributed by atoms with Gasteiger partial charge < -0.3 is 5.32 Å². The Morgan fingerprint density at radius 1 is 1.32 bits per heavy atom. The van der Waals surface area contributed by atoms with E-state index < -0.39 is 0 Å². The number of hydrogen-bond donors (Lipinski definition) is 1. The first-order chi connectivity index (χ1) is 9.15. The predicted octanol–water partition coefficient (Wildman–Crippen LogP) is 5.30. The molecule has 102 valence electrons. The standard InChI is InChI=1S/C15H18ClNS2/c1-11(2)9-17-10-12-5-6-13(16)8-14(12)19-15-4-3-7-18-15/h3-8,11,17H,9-10H2,1-2H3. The smallest absolute Gasteiger partial charge is 0.0646 e. The summed E-state index contributed by atoms with van der Waals surface area (Å²) in [7, 11) is 0. The van der Waals surface area contributed by atoms with Gasteiger partial charge in [-0.1, -0.05) is 49.3 Å². The van der Waals surface area contributed by atoms with Crippen LogP contribution < -0.4 is 5.32 Å². The molecule has 0 radical (unpaired) electrons. The SMILES string of the molecule is CC(C)CNCc1ccc(Cl)cc1Sc1cccs1. The summed E-state index contributed by atoms with van der Waals surface area (Å²) in [5.74, 6) is 0.667. The van der Waals surface area contributed by atoms with Crippen LogP contribution in [0, 0.1) is 5.92 Å². The Balaban J connectivity index is 2.09.